The number of guanidine groups is 1. The molecule has 0 spiro atoms. The largest absolute Gasteiger partial charge is 0.376 e. The second-order valence-electron chi connectivity index (χ2n) is 5.92. The van der Waals surface area contributed by atoms with Crippen LogP contribution in [0.1, 0.15) is 23.2 Å². The number of hydrogen-bond acceptors (Lipinski definition) is 3. The Bertz CT molecular complexity index is 772. The van der Waals surface area contributed by atoms with Gasteiger partial charge in [-0.2, -0.15) is 0 Å². The van der Waals surface area contributed by atoms with Gasteiger partial charge in [0.15, 0.2) is 0 Å². The molecular formula is C19H19ClFN3O2. The molecule has 1 aliphatic heterocycles. The number of benzene rings is 2. The number of carbonyl (C=O) groups excluding carboxylic acids is 1. The van der Waals surface area contributed by atoms with E-state index < -0.39 is 0 Å². The molecule has 26 heavy (non-hydrogen) atoms. The van der Waals surface area contributed by atoms with Crippen LogP contribution in [0, 0.1) is 5.82 Å². The highest BCUT2D eigenvalue weighted by Crippen LogP contribution is 2.13. The molecule has 2 aromatic carbocycles. The third-order valence-corrected chi connectivity index (χ3v) is 4.17. The van der Waals surface area contributed by atoms with Gasteiger partial charge >= 0.3 is 0 Å². The van der Waals surface area contributed by atoms with Gasteiger partial charge in [0.05, 0.1) is 12.6 Å². The summed E-state index contributed by atoms with van der Waals surface area (Å²) in [7, 11) is 0. The molecule has 1 aliphatic rings. The zero-order chi connectivity index (χ0) is 18.4. The lowest BCUT2D eigenvalue weighted by atomic mass is 10.2. The van der Waals surface area contributed by atoms with Gasteiger partial charge in [-0.25, -0.2) is 9.38 Å². The van der Waals surface area contributed by atoms with E-state index in [-0.39, 0.29) is 23.8 Å². The van der Waals surface area contributed by atoms with Crippen LogP contribution in [-0.2, 0) is 4.74 Å². The van der Waals surface area contributed by atoms with Crippen LogP contribution in [0.3, 0.4) is 0 Å². The van der Waals surface area contributed by atoms with Gasteiger partial charge in [0, 0.05) is 22.9 Å². The van der Waals surface area contributed by atoms with Gasteiger partial charge in [-0.15, -0.1) is 0 Å². The molecule has 0 aromatic heterocycles. The Balaban J connectivity index is 1.72. The molecule has 1 fully saturated rings. The number of ether oxygens (including phenoxy) is 1. The van der Waals surface area contributed by atoms with Crippen LogP contribution in [0.25, 0.3) is 0 Å². The van der Waals surface area contributed by atoms with E-state index >= 15 is 0 Å². The lowest BCUT2D eigenvalue weighted by Gasteiger charge is -2.13. The van der Waals surface area contributed by atoms with E-state index in [0.29, 0.717) is 22.8 Å². The van der Waals surface area contributed by atoms with Crippen LogP contribution < -0.4 is 10.6 Å². The molecule has 1 atom stereocenters. The molecule has 1 saturated heterocycles. The quantitative estimate of drug-likeness (QED) is 0.630. The molecule has 0 radical (unpaired) electrons. The number of rotatable bonds is 4. The molecule has 2 N–H and O–H groups in total. The molecular weight excluding hydrogens is 357 g/mol. The van der Waals surface area contributed by atoms with Crippen LogP contribution >= 0.6 is 11.6 Å². The van der Waals surface area contributed by atoms with Crippen molar-refractivity contribution in [2.75, 3.05) is 18.5 Å². The van der Waals surface area contributed by atoms with E-state index in [1.54, 1.807) is 36.4 Å². The third kappa shape index (κ3) is 5.28. The number of anilines is 1. The van der Waals surface area contributed by atoms with Crippen molar-refractivity contribution in [3.8, 4) is 0 Å². The van der Waals surface area contributed by atoms with Gasteiger partial charge in [0.2, 0.25) is 5.96 Å². The minimum absolute atomic E-state index is 0.0486. The molecule has 136 valence electrons. The first-order valence-electron chi connectivity index (χ1n) is 8.36. The van der Waals surface area contributed by atoms with Crippen LogP contribution in [0.5, 0.6) is 0 Å². The summed E-state index contributed by atoms with van der Waals surface area (Å²) >= 11 is 5.85. The Morgan fingerprint density at radius 3 is 2.58 bits per heavy atom. The molecule has 0 bridgehead atoms. The highest BCUT2D eigenvalue weighted by molar-refractivity contribution is 6.30. The Morgan fingerprint density at radius 2 is 1.92 bits per heavy atom. The van der Waals surface area contributed by atoms with Gasteiger partial charge in [-0.1, -0.05) is 11.6 Å². The summed E-state index contributed by atoms with van der Waals surface area (Å²) in [4.78, 5) is 16.9. The minimum Gasteiger partial charge on any atom is -0.376 e. The van der Waals surface area contributed by atoms with E-state index in [4.69, 9.17) is 16.3 Å². The van der Waals surface area contributed by atoms with E-state index in [9.17, 15) is 9.18 Å². The first-order valence-corrected chi connectivity index (χ1v) is 8.73. The Morgan fingerprint density at radius 1 is 1.19 bits per heavy atom. The van der Waals surface area contributed by atoms with Gasteiger partial charge < -0.3 is 10.1 Å². The molecule has 2 aromatic rings. The Hall–Kier alpha value is -2.44. The zero-order valence-electron chi connectivity index (χ0n) is 14.0. The summed E-state index contributed by atoms with van der Waals surface area (Å²) in [6, 6.07) is 12.4. The Labute approximate surface area is 156 Å². The van der Waals surface area contributed by atoms with Crippen molar-refractivity contribution < 1.29 is 13.9 Å². The average molecular weight is 376 g/mol. The number of amides is 1. The highest BCUT2D eigenvalue weighted by atomic mass is 35.5. The summed E-state index contributed by atoms with van der Waals surface area (Å²) in [5.41, 5.74) is 1.08. The maximum atomic E-state index is 13.1. The smallest absolute Gasteiger partial charge is 0.257 e. The lowest BCUT2D eigenvalue weighted by molar-refractivity contribution is 0.0975. The summed E-state index contributed by atoms with van der Waals surface area (Å²) in [5, 5.41) is 6.31. The van der Waals surface area contributed by atoms with Gasteiger partial charge in [-0.05, 0) is 61.4 Å². The first-order chi connectivity index (χ1) is 12.6. The van der Waals surface area contributed by atoms with Crippen molar-refractivity contribution in [3.63, 3.8) is 0 Å². The second kappa shape index (κ2) is 8.78. The topological polar surface area (TPSA) is 62.7 Å². The second-order valence-corrected chi connectivity index (χ2v) is 6.35. The Kier molecular flexibility index (Phi) is 6.20. The highest BCUT2D eigenvalue weighted by Gasteiger charge is 2.16. The molecule has 1 heterocycles. The minimum atomic E-state index is -0.335. The van der Waals surface area contributed by atoms with Crippen LogP contribution in [0.2, 0.25) is 5.02 Å². The predicted molar refractivity (Wildman–Crippen MR) is 100 cm³/mol. The number of aliphatic imine (C=N–C) groups is 1. The monoisotopic (exact) mass is 375 g/mol. The fourth-order valence-electron chi connectivity index (χ4n) is 2.54. The van der Waals surface area contributed by atoms with E-state index in [1.807, 2.05) is 0 Å². The zero-order valence-corrected chi connectivity index (χ0v) is 14.8. The van der Waals surface area contributed by atoms with Gasteiger partial charge in [0.25, 0.3) is 5.91 Å². The SMILES string of the molecule is O=C(NC(=NC[C@@H]1CCCO1)Nc1ccc(F)cc1)c1ccc(Cl)cc1. The van der Waals surface area contributed by atoms with Crippen molar-refractivity contribution in [1.82, 2.24) is 5.32 Å². The normalized spacial score (nSPS) is 17.2. The lowest BCUT2D eigenvalue weighted by Crippen LogP contribution is -2.36. The molecule has 5 nitrogen and oxygen atoms in total. The number of halogens is 2. The van der Waals surface area contributed by atoms with Gasteiger partial charge in [-0.3, -0.25) is 10.1 Å². The van der Waals surface area contributed by atoms with E-state index in [0.717, 1.165) is 19.4 Å². The molecule has 3 rings (SSSR count). The van der Waals surface area contributed by atoms with Crippen LogP contribution in [-0.4, -0.2) is 31.1 Å². The summed E-state index contributed by atoms with van der Waals surface area (Å²) < 4.78 is 18.6. The maximum Gasteiger partial charge on any atom is 0.257 e. The van der Waals surface area contributed by atoms with Crippen molar-refractivity contribution in [3.05, 3.63) is 64.9 Å². The van der Waals surface area contributed by atoms with E-state index in [1.165, 1.54) is 12.1 Å². The number of hydrogen-bond donors (Lipinski definition) is 2. The standard InChI is InChI=1S/C19H19ClFN3O2/c20-14-5-3-13(4-6-14)18(25)24-19(22-12-17-2-1-11-26-17)23-16-9-7-15(21)8-10-16/h3-10,17H,1-2,11-12H2,(H2,22,23,24,25)/t17-/m0/s1. The van der Waals surface area contributed by atoms with Gasteiger partial charge in [0.1, 0.15) is 5.82 Å². The van der Waals surface area contributed by atoms with E-state index in [2.05, 4.69) is 15.6 Å². The maximum absolute atomic E-state index is 13.1. The molecule has 0 unspecified atom stereocenters. The molecule has 0 saturated carbocycles. The fraction of sp³-hybridized carbons (Fsp3) is 0.263. The van der Waals surface area contributed by atoms with Crippen molar-refractivity contribution in [2.24, 2.45) is 4.99 Å². The summed E-state index contributed by atoms with van der Waals surface area (Å²) in [6.07, 6.45) is 2.00. The van der Waals surface area contributed by atoms with Crippen LogP contribution in [0.15, 0.2) is 53.5 Å². The summed E-state index contributed by atoms with van der Waals surface area (Å²) in [6.45, 7) is 1.17. The van der Waals surface area contributed by atoms with Crippen LogP contribution in [0.4, 0.5) is 10.1 Å². The third-order valence-electron chi connectivity index (χ3n) is 3.92. The molecule has 0 aliphatic carbocycles. The number of carbonyl (C=O) groups is 1. The fourth-order valence-corrected chi connectivity index (χ4v) is 2.67. The molecule has 1 amide bonds. The van der Waals surface area contributed by atoms with Crippen molar-refractivity contribution in [2.45, 2.75) is 18.9 Å². The number of nitrogens with one attached hydrogen (secondary N) is 2. The van der Waals surface area contributed by atoms with Crippen molar-refractivity contribution >= 4 is 29.2 Å². The molecule has 7 heteroatoms. The first kappa shape index (κ1) is 18.4. The predicted octanol–water partition coefficient (Wildman–Crippen LogP) is 3.86. The summed E-state index contributed by atoms with van der Waals surface area (Å²) in [5.74, 6) is -0.368. The van der Waals surface area contributed by atoms with Crippen molar-refractivity contribution in [1.29, 1.82) is 0 Å². The number of nitrogens with zero attached hydrogens (tertiary/aromatic N) is 1. The average Bonchev–Trinajstić information content (AvgIpc) is 3.15.